The molecule has 0 radical (unpaired) electrons. The van der Waals surface area contributed by atoms with Crippen LogP contribution in [0.1, 0.15) is 28.8 Å². The highest BCUT2D eigenvalue weighted by molar-refractivity contribution is 6.35. The van der Waals surface area contributed by atoms with E-state index in [9.17, 15) is 9.18 Å². The molecule has 1 saturated carbocycles. The SMILES string of the molecule is O=C(NC1CC1)c1cc(NCc2ccc(F)cc2)nc(NC2=NCCN=C2)c1. The van der Waals surface area contributed by atoms with E-state index in [0.29, 0.717) is 42.7 Å². The summed E-state index contributed by atoms with van der Waals surface area (Å²) in [6.45, 7) is 1.76. The van der Waals surface area contributed by atoms with Crippen LogP contribution < -0.4 is 16.0 Å². The van der Waals surface area contributed by atoms with Crippen LogP contribution in [-0.4, -0.2) is 42.1 Å². The summed E-state index contributed by atoms with van der Waals surface area (Å²) in [5.41, 5.74) is 1.42. The van der Waals surface area contributed by atoms with E-state index in [2.05, 4.69) is 30.9 Å². The first-order valence-electron chi connectivity index (χ1n) is 9.28. The molecule has 1 aliphatic carbocycles. The maximum atomic E-state index is 13.1. The first-order valence-corrected chi connectivity index (χ1v) is 9.28. The van der Waals surface area contributed by atoms with Gasteiger partial charge in [-0.3, -0.25) is 14.8 Å². The Morgan fingerprint density at radius 2 is 1.89 bits per heavy atom. The molecule has 0 saturated heterocycles. The molecule has 0 unspecified atom stereocenters. The van der Waals surface area contributed by atoms with Crippen LogP contribution in [-0.2, 0) is 6.54 Å². The lowest BCUT2D eigenvalue weighted by molar-refractivity contribution is 0.0951. The number of aliphatic imine (C=N–C) groups is 2. The van der Waals surface area contributed by atoms with Gasteiger partial charge in [-0.05, 0) is 42.7 Å². The maximum absolute atomic E-state index is 13.1. The number of nitrogens with one attached hydrogen (secondary N) is 3. The summed E-state index contributed by atoms with van der Waals surface area (Å²) < 4.78 is 13.1. The monoisotopic (exact) mass is 380 g/mol. The van der Waals surface area contributed by atoms with Crippen molar-refractivity contribution in [1.82, 2.24) is 10.3 Å². The maximum Gasteiger partial charge on any atom is 0.251 e. The fourth-order valence-corrected chi connectivity index (χ4v) is 2.73. The van der Waals surface area contributed by atoms with Gasteiger partial charge in [-0.25, -0.2) is 9.37 Å². The highest BCUT2D eigenvalue weighted by Gasteiger charge is 2.24. The largest absolute Gasteiger partial charge is 0.366 e. The number of benzene rings is 1. The molecule has 1 aromatic heterocycles. The second-order valence-corrected chi connectivity index (χ2v) is 6.78. The van der Waals surface area contributed by atoms with Gasteiger partial charge in [0.1, 0.15) is 23.3 Å². The van der Waals surface area contributed by atoms with Crippen molar-refractivity contribution in [2.75, 3.05) is 23.7 Å². The van der Waals surface area contributed by atoms with Gasteiger partial charge in [0.25, 0.3) is 5.91 Å². The van der Waals surface area contributed by atoms with Gasteiger partial charge < -0.3 is 16.0 Å². The third-order valence-electron chi connectivity index (χ3n) is 4.37. The van der Waals surface area contributed by atoms with Gasteiger partial charge in [0.05, 0.1) is 19.3 Å². The Hall–Kier alpha value is -3.29. The molecule has 0 bridgehead atoms. The molecule has 144 valence electrons. The Morgan fingerprint density at radius 1 is 1.11 bits per heavy atom. The number of rotatable bonds is 6. The van der Waals surface area contributed by atoms with Crippen LogP contribution in [0, 0.1) is 5.82 Å². The van der Waals surface area contributed by atoms with Crippen LogP contribution in [0.4, 0.5) is 16.0 Å². The number of carbonyl (C=O) groups excluding carboxylic acids is 1. The zero-order valence-corrected chi connectivity index (χ0v) is 15.3. The van der Waals surface area contributed by atoms with Gasteiger partial charge in [-0.2, -0.15) is 0 Å². The first-order chi connectivity index (χ1) is 13.7. The van der Waals surface area contributed by atoms with E-state index in [0.717, 1.165) is 18.4 Å². The minimum absolute atomic E-state index is 0.128. The highest BCUT2D eigenvalue weighted by Crippen LogP contribution is 2.21. The van der Waals surface area contributed by atoms with Crippen LogP contribution in [0.15, 0.2) is 46.4 Å². The Bertz CT molecular complexity index is 921. The number of hydrogen-bond donors (Lipinski definition) is 3. The number of carbonyl (C=O) groups is 1. The molecule has 2 heterocycles. The van der Waals surface area contributed by atoms with Gasteiger partial charge >= 0.3 is 0 Å². The average Bonchev–Trinajstić information content (AvgIpc) is 3.52. The molecular weight excluding hydrogens is 359 g/mol. The van der Waals surface area contributed by atoms with Crippen molar-refractivity contribution in [3.8, 4) is 0 Å². The van der Waals surface area contributed by atoms with Crippen molar-refractivity contribution in [3.05, 3.63) is 53.3 Å². The van der Waals surface area contributed by atoms with Crippen molar-refractivity contribution < 1.29 is 9.18 Å². The molecule has 7 nitrogen and oxygen atoms in total. The van der Waals surface area contributed by atoms with E-state index in [-0.39, 0.29) is 17.8 Å². The Kier molecular flexibility index (Phi) is 5.27. The van der Waals surface area contributed by atoms with Gasteiger partial charge in [0.15, 0.2) is 0 Å². The number of amidine groups is 1. The molecule has 0 atom stereocenters. The van der Waals surface area contributed by atoms with Gasteiger partial charge in [-0.1, -0.05) is 12.1 Å². The van der Waals surface area contributed by atoms with Crippen LogP contribution >= 0.6 is 0 Å². The van der Waals surface area contributed by atoms with Gasteiger partial charge in [0, 0.05) is 18.2 Å². The molecule has 4 rings (SSSR count). The van der Waals surface area contributed by atoms with E-state index < -0.39 is 0 Å². The molecule has 2 aromatic rings. The van der Waals surface area contributed by atoms with E-state index in [4.69, 9.17) is 0 Å². The van der Waals surface area contributed by atoms with Crippen molar-refractivity contribution in [2.45, 2.75) is 25.4 Å². The lowest BCUT2D eigenvalue weighted by atomic mass is 10.2. The minimum Gasteiger partial charge on any atom is -0.366 e. The number of nitrogens with zero attached hydrogens (tertiary/aromatic N) is 3. The first kappa shape index (κ1) is 18.1. The average molecular weight is 380 g/mol. The molecule has 1 amide bonds. The molecule has 8 heteroatoms. The summed E-state index contributed by atoms with van der Waals surface area (Å²) in [7, 11) is 0. The second kappa shape index (κ2) is 8.16. The Labute approximate surface area is 162 Å². The zero-order chi connectivity index (χ0) is 19.3. The van der Waals surface area contributed by atoms with Crippen molar-refractivity contribution in [2.24, 2.45) is 9.98 Å². The third kappa shape index (κ3) is 4.91. The topological polar surface area (TPSA) is 90.8 Å². The van der Waals surface area contributed by atoms with E-state index in [1.54, 1.807) is 30.5 Å². The van der Waals surface area contributed by atoms with E-state index in [1.807, 2.05) is 0 Å². The van der Waals surface area contributed by atoms with Crippen molar-refractivity contribution in [1.29, 1.82) is 0 Å². The zero-order valence-electron chi connectivity index (χ0n) is 15.3. The van der Waals surface area contributed by atoms with Crippen LogP contribution in [0.25, 0.3) is 0 Å². The van der Waals surface area contributed by atoms with E-state index >= 15 is 0 Å². The number of hydrogen-bond acceptors (Lipinski definition) is 6. The van der Waals surface area contributed by atoms with Gasteiger partial charge in [0.2, 0.25) is 0 Å². The number of aromatic nitrogens is 1. The van der Waals surface area contributed by atoms with E-state index in [1.165, 1.54) is 12.1 Å². The fourth-order valence-electron chi connectivity index (χ4n) is 2.73. The Balaban J connectivity index is 1.53. The lowest BCUT2D eigenvalue weighted by Gasteiger charge is -2.13. The van der Waals surface area contributed by atoms with Crippen LogP contribution in [0.5, 0.6) is 0 Å². The molecule has 3 N–H and O–H groups in total. The molecule has 1 aliphatic heterocycles. The molecule has 1 aromatic carbocycles. The van der Waals surface area contributed by atoms with Crippen LogP contribution in [0.3, 0.4) is 0 Å². The van der Waals surface area contributed by atoms with Crippen molar-refractivity contribution in [3.63, 3.8) is 0 Å². The quantitative estimate of drug-likeness (QED) is 0.719. The molecular formula is C20H21FN6O. The summed E-state index contributed by atoms with van der Waals surface area (Å²) in [6.07, 6.45) is 3.70. The highest BCUT2D eigenvalue weighted by atomic mass is 19.1. The summed E-state index contributed by atoms with van der Waals surface area (Å²) in [6, 6.07) is 9.92. The lowest BCUT2D eigenvalue weighted by Crippen LogP contribution is -2.26. The number of halogens is 1. The standard InChI is InChI=1S/C20H21FN6O/c21-15-3-1-13(2-4-15)11-24-17-9-14(20(28)25-16-5-6-16)10-18(26-17)27-19-12-22-7-8-23-19/h1-4,9-10,12,16H,5-8,11H2,(H,25,28)(H2,23,24,26,27). The predicted molar refractivity (Wildman–Crippen MR) is 108 cm³/mol. The second-order valence-electron chi connectivity index (χ2n) is 6.78. The minimum atomic E-state index is -0.276. The summed E-state index contributed by atoms with van der Waals surface area (Å²) in [5.74, 6) is 1.27. The normalized spacial score (nSPS) is 15.7. The summed E-state index contributed by atoms with van der Waals surface area (Å²) in [4.78, 5) is 25.6. The number of pyridine rings is 1. The third-order valence-corrected chi connectivity index (χ3v) is 4.37. The molecule has 28 heavy (non-hydrogen) atoms. The fraction of sp³-hybridized carbons (Fsp3) is 0.300. The number of anilines is 2. The molecule has 0 spiro atoms. The summed E-state index contributed by atoms with van der Waals surface area (Å²) in [5, 5.41) is 9.29. The number of amides is 1. The Morgan fingerprint density at radius 3 is 2.61 bits per heavy atom. The predicted octanol–water partition coefficient (Wildman–Crippen LogP) is 2.62. The summed E-state index contributed by atoms with van der Waals surface area (Å²) >= 11 is 0. The van der Waals surface area contributed by atoms with Gasteiger partial charge in [-0.15, -0.1) is 0 Å². The smallest absolute Gasteiger partial charge is 0.251 e. The van der Waals surface area contributed by atoms with Crippen molar-refractivity contribution >= 4 is 29.6 Å². The molecule has 2 aliphatic rings. The molecule has 1 fully saturated rings. The van der Waals surface area contributed by atoms with Crippen LogP contribution in [0.2, 0.25) is 0 Å².